The molecular weight excluding hydrogens is 240 g/mol. The number of likely N-dealkylation sites (tertiary alicyclic amines) is 1. The van der Waals surface area contributed by atoms with Gasteiger partial charge in [0.15, 0.2) is 0 Å². The molecule has 0 radical (unpaired) electrons. The van der Waals surface area contributed by atoms with Gasteiger partial charge in [0, 0.05) is 30.1 Å². The summed E-state index contributed by atoms with van der Waals surface area (Å²) in [6.07, 6.45) is 2.76. The first-order valence-electron chi connectivity index (χ1n) is 7.17. The number of nitrogens with zero attached hydrogens (tertiary/aromatic N) is 1. The normalized spacial score (nSPS) is 27.3. The standard InChI is InChI=1S/C15H26N2S/c1-12-6-4-8-17(14(12)3)13(2)10-16-11-15-7-5-9-18-15/h5,7,9,12-14,16H,4,6,8,10-11H2,1-3H3. The summed E-state index contributed by atoms with van der Waals surface area (Å²) in [5.41, 5.74) is 0. The molecule has 1 saturated heterocycles. The van der Waals surface area contributed by atoms with Gasteiger partial charge in [0.05, 0.1) is 0 Å². The molecule has 0 aromatic carbocycles. The fraction of sp³-hybridized carbons (Fsp3) is 0.733. The molecule has 1 aliphatic rings. The van der Waals surface area contributed by atoms with Crippen LogP contribution < -0.4 is 5.32 Å². The third kappa shape index (κ3) is 3.56. The second-order valence-corrected chi connectivity index (χ2v) is 6.69. The average Bonchev–Trinajstić information content (AvgIpc) is 2.85. The highest BCUT2D eigenvalue weighted by Crippen LogP contribution is 2.24. The van der Waals surface area contributed by atoms with Crippen LogP contribution in [0.2, 0.25) is 0 Å². The Balaban J connectivity index is 1.75. The molecule has 0 amide bonds. The van der Waals surface area contributed by atoms with Crippen molar-refractivity contribution < 1.29 is 0 Å². The van der Waals surface area contributed by atoms with Crippen molar-refractivity contribution in [1.29, 1.82) is 0 Å². The van der Waals surface area contributed by atoms with Crippen molar-refractivity contribution in [2.24, 2.45) is 5.92 Å². The lowest BCUT2D eigenvalue weighted by Gasteiger charge is -2.41. The molecule has 3 heteroatoms. The zero-order valence-corrected chi connectivity index (χ0v) is 12.7. The quantitative estimate of drug-likeness (QED) is 0.879. The number of rotatable bonds is 5. The molecule has 1 aromatic heterocycles. The first-order chi connectivity index (χ1) is 8.68. The molecule has 2 rings (SSSR count). The van der Waals surface area contributed by atoms with E-state index in [4.69, 9.17) is 0 Å². The maximum atomic E-state index is 3.59. The van der Waals surface area contributed by atoms with E-state index in [1.165, 1.54) is 24.3 Å². The van der Waals surface area contributed by atoms with Gasteiger partial charge in [0.2, 0.25) is 0 Å². The van der Waals surface area contributed by atoms with Crippen molar-refractivity contribution in [3.8, 4) is 0 Å². The summed E-state index contributed by atoms with van der Waals surface area (Å²) in [6, 6.07) is 5.70. The van der Waals surface area contributed by atoms with Gasteiger partial charge in [-0.2, -0.15) is 0 Å². The molecule has 0 saturated carbocycles. The summed E-state index contributed by atoms with van der Waals surface area (Å²) in [5.74, 6) is 0.846. The molecule has 2 nitrogen and oxygen atoms in total. The molecule has 3 unspecified atom stereocenters. The second kappa shape index (κ2) is 6.69. The molecule has 0 spiro atoms. The summed E-state index contributed by atoms with van der Waals surface area (Å²) >= 11 is 1.84. The summed E-state index contributed by atoms with van der Waals surface area (Å²) < 4.78 is 0. The first kappa shape index (κ1) is 14.0. The summed E-state index contributed by atoms with van der Waals surface area (Å²) in [4.78, 5) is 4.11. The Hall–Kier alpha value is -0.380. The molecule has 3 atom stereocenters. The van der Waals surface area contributed by atoms with Crippen LogP contribution in [0.15, 0.2) is 17.5 Å². The highest BCUT2D eigenvalue weighted by atomic mass is 32.1. The zero-order chi connectivity index (χ0) is 13.0. The fourth-order valence-corrected chi connectivity index (χ4v) is 3.60. The van der Waals surface area contributed by atoms with Crippen LogP contribution in [-0.2, 0) is 6.54 Å². The number of nitrogens with one attached hydrogen (secondary N) is 1. The van der Waals surface area contributed by atoms with Crippen molar-refractivity contribution in [1.82, 2.24) is 10.2 Å². The van der Waals surface area contributed by atoms with E-state index in [0.29, 0.717) is 6.04 Å². The van der Waals surface area contributed by atoms with Crippen LogP contribution in [0.5, 0.6) is 0 Å². The molecule has 1 aliphatic heterocycles. The minimum absolute atomic E-state index is 0.641. The van der Waals surface area contributed by atoms with E-state index in [9.17, 15) is 0 Å². The van der Waals surface area contributed by atoms with Crippen LogP contribution in [0.25, 0.3) is 0 Å². The van der Waals surface area contributed by atoms with Crippen LogP contribution in [0, 0.1) is 5.92 Å². The van der Waals surface area contributed by atoms with Gasteiger partial charge in [0.25, 0.3) is 0 Å². The van der Waals surface area contributed by atoms with Crippen LogP contribution >= 0.6 is 11.3 Å². The van der Waals surface area contributed by atoms with Gasteiger partial charge in [-0.05, 0) is 50.6 Å². The van der Waals surface area contributed by atoms with Gasteiger partial charge in [-0.15, -0.1) is 11.3 Å². The average molecular weight is 266 g/mol. The molecule has 1 fully saturated rings. The maximum Gasteiger partial charge on any atom is 0.0300 e. The predicted molar refractivity (Wildman–Crippen MR) is 80.1 cm³/mol. The zero-order valence-electron chi connectivity index (χ0n) is 11.9. The highest BCUT2D eigenvalue weighted by Gasteiger charge is 2.27. The highest BCUT2D eigenvalue weighted by molar-refractivity contribution is 7.09. The van der Waals surface area contributed by atoms with Crippen molar-refractivity contribution >= 4 is 11.3 Å². The van der Waals surface area contributed by atoms with E-state index in [2.05, 4.69) is 48.5 Å². The predicted octanol–water partition coefficient (Wildman–Crippen LogP) is 3.35. The van der Waals surface area contributed by atoms with Crippen LogP contribution in [0.1, 0.15) is 38.5 Å². The van der Waals surface area contributed by atoms with Crippen molar-refractivity contribution in [3.63, 3.8) is 0 Å². The van der Waals surface area contributed by atoms with E-state index in [-0.39, 0.29) is 0 Å². The van der Waals surface area contributed by atoms with Crippen molar-refractivity contribution in [2.75, 3.05) is 13.1 Å². The number of thiophene rings is 1. The Morgan fingerprint density at radius 3 is 3.06 bits per heavy atom. The molecule has 1 N–H and O–H groups in total. The monoisotopic (exact) mass is 266 g/mol. The lowest BCUT2D eigenvalue weighted by Crippen LogP contribution is -2.50. The maximum absolute atomic E-state index is 3.59. The molecule has 0 bridgehead atoms. The SMILES string of the molecule is CC1CCCN(C(C)CNCc2cccs2)C1C. The Labute approximate surface area is 115 Å². The van der Waals surface area contributed by atoms with E-state index in [1.54, 1.807) is 0 Å². The van der Waals surface area contributed by atoms with Gasteiger partial charge in [-0.1, -0.05) is 13.0 Å². The number of piperidine rings is 1. The van der Waals surface area contributed by atoms with Crippen molar-refractivity contribution in [2.45, 2.75) is 52.2 Å². The van der Waals surface area contributed by atoms with Crippen molar-refractivity contribution in [3.05, 3.63) is 22.4 Å². The third-order valence-electron chi connectivity index (χ3n) is 4.31. The molecule has 1 aromatic rings. The van der Waals surface area contributed by atoms with Gasteiger partial charge in [-0.25, -0.2) is 0 Å². The molecule has 102 valence electrons. The van der Waals surface area contributed by atoms with Gasteiger partial charge < -0.3 is 5.32 Å². The smallest absolute Gasteiger partial charge is 0.0300 e. The minimum Gasteiger partial charge on any atom is -0.310 e. The topological polar surface area (TPSA) is 15.3 Å². The van der Waals surface area contributed by atoms with Gasteiger partial charge in [-0.3, -0.25) is 4.90 Å². The number of hydrogen-bond acceptors (Lipinski definition) is 3. The molecule has 18 heavy (non-hydrogen) atoms. The van der Waals surface area contributed by atoms with E-state index >= 15 is 0 Å². The lowest BCUT2D eigenvalue weighted by molar-refractivity contribution is 0.0751. The van der Waals surface area contributed by atoms with E-state index in [1.807, 2.05) is 11.3 Å². The molecule has 2 heterocycles. The van der Waals surface area contributed by atoms with Gasteiger partial charge >= 0.3 is 0 Å². The first-order valence-corrected chi connectivity index (χ1v) is 8.05. The van der Waals surface area contributed by atoms with Crippen LogP contribution in [0.4, 0.5) is 0 Å². The second-order valence-electron chi connectivity index (χ2n) is 5.66. The lowest BCUT2D eigenvalue weighted by atomic mass is 9.91. The number of hydrogen-bond donors (Lipinski definition) is 1. The summed E-state index contributed by atoms with van der Waals surface area (Å²) in [7, 11) is 0. The third-order valence-corrected chi connectivity index (χ3v) is 5.18. The van der Waals surface area contributed by atoms with Crippen LogP contribution in [0.3, 0.4) is 0 Å². The molecule has 0 aliphatic carbocycles. The summed E-state index contributed by atoms with van der Waals surface area (Å²) in [5, 5.41) is 5.74. The Bertz CT molecular complexity index is 336. The largest absolute Gasteiger partial charge is 0.310 e. The Kier molecular flexibility index (Phi) is 5.22. The van der Waals surface area contributed by atoms with E-state index < -0.39 is 0 Å². The fourth-order valence-electron chi connectivity index (χ4n) is 2.92. The Morgan fingerprint density at radius 2 is 2.33 bits per heavy atom. The Morgan fingerprint density at radius 1 is 1.50 bits per heavy atom. The minimum atomic E-state index is 0.641. The van der Waals surface area contributed by atoms with E-state index in [0.717, 1.165) is 25.0 Å². The molecular formula is C15H26N2S. The van der Waals surface area contributed by atoms with Gasteiger partial charge in [0.1, 0.15) is 0 Å². The van der Waals surface area contributed by atoms with Crippen LogP contribution in [-0.4, -0.2) is 30.1 Å². The summed E-state index contributed by atoms with van der Waals surface area (Å²) in [6.45, 7) is 10.5.